The van der Waals surface area contributed by atoms with Gasteiger partial charge in [-0.25, -0.2) is 18.4 Å². The van der Waals surface area contributed by atoms with Crippen LogP contribution in [0.2, 0.25) is 5.02 Å². The van der Waals surface area contributed by atoms with E-state index in [9.17, 15) is 8.42 Å². The minimum Gasteiger partial charge on any atom is -0.372 e. The van der Waals surface area contributed by atoms with Gasteiger partial charge in [0.15, 0.2) is 15.7 Å². The molecule has 2 N–H and O–H groups in total. The highest BCUT2D eigenvalue weighted by molar-refractivity contribution is 7.91. The van der Waals surface area contributed by atoms with Crippen molar-refractivity contribution in [3.63, 3.8) is 0 Å². The Labute approximate surface area is 159 Å². The van der Waals surface area contributed by atoms with E-state index in [1.165, 1.54) is 6.33 Å². The zero-order chi connectivity index (χ0) is 18.9. The van der Waals surface area contributed by atoms with Crippen molar-refractivity contribution >= 4 is 33.1 Å². The zero-order valence-electron chi connectivity index (χ0n) is 15.1. The monoisotopic (exact) mass is 394 g/mol. The van der Waals surface area contributed by atoms with Crippen LogP contribution in [-0.2, 0) is 16.3 Å². The fourth-order valence-electron chi connectivity index (χ4n) is 3.25. The second kappa shape index (κ2) is 7.40. The summed E-state index contributed by atoms with van der Waals surface area (Å²) in [4.78, 5) is 8.78. The van der Waals surface area contributed by atoms with Crippen LogP contribution in [0.15, 0.2) is 29.4 Å². The lowest BCUT2D eigenvalue weighted by Crippen LogP contribution is -2.21. The van der Waals surface area contributed by atoms with Crippen molar-refractivity contribution in [1.29, 1.82) is 0 Å². The minimum absolute atomic E-state index is 0.130. The maximum atomic E-state index is 12.4. The third kappa shape index (κ3) is 3.64. The average molecular weight is 395 g/mol. The number of fused-ring (bicyclic) bond motifs is 1. The van der Waals surface area contributed by atoms with Gasteiger partial charge in [-0.05, 0) is 36.0 Å². The molecular weight excluding hydrogens is 372 g/mol. The summed E-state index contributed by atoms with van der Waals surface area (Å²) in [5.74, 6) is 1.47. The fraction of sp³-hybridized carbons (Fsp3) is 0.444. The normalized spacial score (nSPS) is 16.8. The van der Waals surface area contributed by atoms with E-state index in [0.717, 1.165) is 17.5 Å². The van der Waals surface area contributed by atoms with E-state index in [1.807, 2.05) is 12.1 Å². The number of nitrogens with one attached hydrogen (secondary N) is 2. The number of hydrogen-bond acceptors (Lipinski definition) is 6. The standard InChI is InChI=1S/C18H23ClN4O2S/c1-11(2)16(23-18-15(19)17(20-3)21-10-22-18)13-7-6-12-5-4-8-26(24,25)14(12)9-13/h6-7,9-11,16H,4-5,8H2,1-3H3,(H2,20,21,22,23)/t16-/m0/s1. The summed E-state index contributed by atoms with van der Waals surface area (Å²) < 4.78 is 24.9. The molecular formula is C18H23ClN4O2S. The molecule has 1 aliphatic heterocycles. The molecule has 0 aliphatic carbocycles. The van der Waals surface area contributed by atoms with Gasteiger partial charge in [-0.2, -0.15) is 0 Å². The molecule has 0 amide bonds. The number of hydrogen-bond donors (Lipinski definition) is 2. The van der Waals surface area contributed by atoms with Crippen LogP contribution in [0, 0.1) is 5.92 Å². The van der Waals surface area contributed by atoms with Gasteiger partial charge in [0.1, 0.15) is 17.2 Å². The molecule has 0 radical (unpaired) electrons. The quantitative estimate of drug-likeness (QED) is 0.804. The summed E-state index contributed by atoms with van der Waals surface area (Å²) in [5, 5.41) is 6.69. The van der Waals surface area contributed by atoms with Crippen LogP contribution >= 0.6 is 11.6 Å². The van der Waals surface area contributed by atoms with Crippen molar-refractivity contribution < 1.29 is 8.42 Å². The van der Waals surface area contributed by atoms with Crippen LogP contribution in [0.25, 0.3) is 0 Å². The first kappa shape index (κ1) is 18.9. The molecule has 0 fully saturated rings. The molecule has 140 valence electrons. The molecule has 1 atom stereocenters. The van der Waals surface area contributed by atoms with Gasteiger partial charge < -0.3 is 10.6 Å². The lowest BCUT2D eigenvalue weighted by Gasteiger charge is -2.26. The minimum atomic E-state index is -3.20. The molecule has 8 heteroatoms. The molecule has 1 aromatic carbocycles. The van der Waals surface area contributed by atoms with Gasteiger partial charge in [0, 0.05) is 7.05 Å². The van der Waals surface area contributed by atoms with Crippen LogP contribution < -0.4 is 10.6 Å². The summed E-state index contributed by atoms with van der Waals surface area (Å²) in [6, 6.07) is 5.59. The summed E-state index contributed by atoms with van der Waals surface area (Å²) in [6.07, 6.45) is 2.93. The topological polar surface area (TPSA) is 84.0 Å². The molecule has 1 aromatic heterocycles. The fourth-order valence-corrected chi connectivity index (χ4v) is 5.13. The van der Waals surface area contributed by atoms with E-state index in [4.69, 9.17) is 11.6 Å². The first-order chi connectivity index (χ1) is 12.3. The summed E-state index contributed by atoms with van der Waals surface area (Å²) in [5.41, 5.74) is 1.81. The van der Waals surface area contributed by atoms with E-state index in [2.05, 4.69) is 34.4 Å². The van der Waals surface area contributed by atoms with Crippen LogP contribution in [0.1, 0.15) is 37.4 Å². The smallest absolute Gasteiger partial charge is 0.178 e. The third-order valence-corrected chi connectivity index (χ3v) is 6.86. The lowest BCUT2D eigenvalue weighted by molar-refractivity contribution is 0.542. The second-order valence-electron chi connectivity index (χ2n) is 6.79. The largest absolute Gasteiger partial charge is 0.372 e. The molecule has 2 heterocycles. The summed E-state index contributed by atoms with van der Waals surface area (Å²) >= 11 is 6.36. The van der Waals surface area contributed by atoms with Crippen molar-refractivity contribution in [3.05, 3.63) is 40.7 Å². The number of anilines is 2. The number of halogens is 1. The molecule has 2 aromatic rings. The Kier molecular flexibility index (Phi) is 5.39. The lowest BCUT2D eigenvalue weighted by atomic mass is 9.94. The number of aryl methyl sites for hydroxylation is 1. The Balaban J connectivity index is 2.00. The highest BCUT2D eigenvalue weighted by Gasteiger charge is 2.26. The predicted molar refractivity (Wildman–Crippen MR) is 105 cm³/mol. The molecule has 0 bridgehead atoms. The molecule has 0 saturated carbocycles. The van der Waals surface area contributed by atoms with Crippen molar-refractivity contribution in [2.45, 2.75) is 37.6 Å². The van der Waals surface area contributed by atoms with E-state index in [1.54, 1.807) is 13.1 Å². The number of nitrogens with zero attached hydrogens (tertiary/aromatic N) is 2. The van der Waals surface area contributed by atoms with Gasteiger partial charge in [0.05, 0.1) is 16.7 Å². The van der Waals surface area contributed by atoms with Crippen LogP contribution in [0.5, 0.6) is 0 Å². The van der Waals surface area contributed by atoms with Crippen LogP contribution in [0.4, 0.5) is 11.6 Å². The summed E-state index contributed by atoms with van der Waals surface area (Å²) in [7, 11) is -1.46. The third-order valence-electron chi connectivity index (χ3n) is 4.63. The van der Waals surface area contributed by atoms with Crippen LogP contribution in [0.3, 0.4) is 0 Å². The molecule has 6 nitrogen and oxygen atoms in total. The molecule has 3 rings (SSSR count). The van der Waals surface area contributed by atoms with Crippen molar-refractivity contribution in [1.82, 2.24) is 9.97 Å². The second-order valence-corrected chi connectivity index (χ2v) is 9.25. The van der Waals surface area contributed by atoms with Crippen molar-refractivity contribution in [2.24, 2.45) is 5.92 Å². The Hall–Kier alpha value is -1.86. The van der Waals surface area contributed by atoms with Gasteiger partial charge in [-0.15, -0.1) is 0 Å². The Morgan fingerprint density at radius 2 is 1.92 bits per heavy atom. The molecule has 0 unspecified atom stereocenters. The van der Waals surface area contributed by atoms with E-state index in [-0.39, 0.29) is 17.7 Å². The van der Waals surface area contributed by atoms with E-state index in [0.29, 0.717) is 28.0 Å². The highest BCUT2D eigenvalue weighted by Crippen LogP contribution is 2.34. The Bertz CT molecular complexity index is 915. The summed E-state index contributed by atoms with van der Waals surface area (Å²) in [6.45, 7) is 4.14. The SMILES string of the molecule is CNc1ncnc(N[C@H](c2ccc3c(c2)S(=O)(=O)CCC3)C(C)C)c1Cl. The maximum absolute atomic E-state index is 12.4. The van der Waals surface area contributed by atoms with Crippen LogP contribution in [-0.4, -0.2) is 31.2 Å². The predicted octanol–water partition coefficient (Wildman–Crippen LogP) is 3.70. The van der Waals surface area contributed by atoms with Crippen molar-refractivity contribution in [3.8, 4) is 0 Å². The Morgan fingerprint density at radius 1 is 1.19 bits per heavy atom. The van der Waals surface area contributed by atoms with E-state index >= 15 is 0 Å². The van der Waals surface area contributed by atoms with Gasteiger partial charge in [0.2, 0.25) is 0 Å². The van der Waals surface area contributed by atoms with Gasteiger partial charge in [0.25, 0.3) is 0 Å². The molecule has 1 aliphatic rings. The first-order valence-electron chi connectivity index (χ1n) is 8.64. The zero-order valence-corrected chi connectivity index (χ0v) is 16.7. The van der Waals surface area contributed by atoms with E-state index < -0.39 is 9.84 Å². The highest BCUT2D eigenvalue weighted by atomic mass is 35.5. The van der Waals surface area contributed by atoms with Gasteiger partial charge in [-0.3, -0.25) is 0 Å². The number of sulfone groups is 1. The Morgan fingerprint density at radius 3 is 2.62 bits per heavy atom. The average Bonchev–Trinajstić information content (AvgIpc) is 2.60. The van der Waals surface area contributed by atoms with Gasteiger partial charge >= 0.3 is 0 Å². The molecule has 0 saturated heterocycles. The van der Waals surface area contributed by atoms with Crippen molar-refractivity contribution in [2.75, 3.05) is 23.4 Å². The maximum Gasteiger partial charge on any atom is 0.178 e. The molecule has 26 heavy (non-hydrogen) atoms. The van der Waals surface area contributed by atoms with Gasteiger partial charge in [-0.1, -0.05) is 37.6 Å². The number of aromatic nitrogens is 2. The first-order valence-corrected chi connectivity index (χ1v) is 10.7. The number of rotatable bonds is 5. The number of benzene rings is 1. The molecule has 0 spiro atoms.